The Hall–Kier alpha value is -6.79. The molecule has 0 unspecified atom stereocenters. The van der Waals surface area contributed by atoms with Gasteiger partial charge in [-0.3, -0.25) is 0 Å². The fourth-order valence-corrected chi connectivity index (χ4v) is 10.3. The van der Waals surface area contributed by atoms with Gasteiger partial charge in [0.15, 0.2) is 17.5 Å². The molecule has 3 aromatic heterocycles. The molecule has 11 aromatic rings. The maximum absolute atomic E-state index is 5.42. The second kappa shape index (κ2) is 13.5. The fourth-order valence-electron chi connectivity index (χ4n) is 7.87. The lowest BCUT2D eigenvalue weighted by Crippen LogP contribution is -2.01. The van der Waals surface area contributed by atoms with Gasteiger partial charge in [-0.25, -0.2) is 15.0 Å². The van der Waals surface area contributed by atoms with Crippen LogP contribution in [0.5, 0.6) is 0 Å². The predicted molar refractivity (Wildman–Crippen MR) is 238 cm³/mol. The van der Waals surface area contributed by atoms with E-state index >= 15 is 0 Å². The largest absolute Gasteiger partial charge is 0.208 e. The molecule has 262 valence electrons. The summed E-state index contributed by atoms with van der Waals surface area (Å²) in [5, 5.41) is 4.92. The molecule has 11 rings (SSSR count). The lowest BCUT2D eigenvalue weighted by Gasteiger charge is -2.15. The van der Waals surface area contributed by atoms with Crippen molar-refractivity contribution in [2.75, 3.05) is 0 Å². The lowest BCUT2D eigenvalue weighted by atomic mass is 9.93. The fraction of sp³-hybridized carbons (Fsp3) is 0. The Morgan fingerprint density at radius 2 is 0.696 bits per heavy atom. The Kier molecular flexibility index (Phi) is 7.87. The third-order valence-corrected chi connectivity index (χ3v) is 13.0. The zero-order chi connectivity index (χ0) is 37.0. The van der Waals surface area contributed by atoms with E-state index in [1.807, 2.05) is 0 Å². The number of hydrogen-bond acceptors (Lipinski definition) is 5. The smallest absolute Gasteiger partial charge is 0.165 e. The predicted octanol–water partition coefficient (Wildman–Crippen LogP) is 14.6. The summed E-state index contributed by atoms with van der Waals surface area (Å²) in [6, 6.07) is 66.8. The number of aromatic nitrogens is 3. The molecule has 0 saturated carbocycles. The molecule has 0 radical (unpaired) electrons. The molecule has 0 amide bonds. The van der Waals surface area contributed by atoms with Crippen LogP contribution in [-0.2, 0) is 0 Å². The molecule has 56 heavy (non-hydrogen) atoms. The van der Waals surface area contributed by atoms with Crippen LogP contribution in [0.2, 0.25) is 0 Å². The van der Waals surface area contributed by atoms with Crippen molar-refractivity contribution >= 4 is 63.0 Å². The van der Waals surface area contributed by atoms with Crippen LogP contribution >= 0.6 is 22.7 Å². The van der Waals surface area contributed by atoms with Crippen LogP contribution in [0.3, 0.4) is 0 Å². The molecule has 3 nitrogen and oxygen atoms in total. The summed E-state index contributed by atoms with van der Waals surface area (Å²) < 4.78 is 4.84. The van der Waals surface area contributed by atoms with Gasteiger partial charge in [-0.05, 0) is 69.8 Å². The standard InChI is InChI=1S/C51H31N3S2/c1-3-14-32(15-4-1)34-18-11-19-35(30-34)36-28-29-37(33-16-5-2-6-17-33)44(31-36)51-53-49(42-24-12-22-40-38-20-7-9-26-45(38)55-47(40)42)52-50(54-51)43-25-13-23-41-39-21-8-10-27-46(39)56-48(41)43/h1-31H. The molecule has 0 atom stereocenters. The van der Waals surface area contributed by atoms with Crippen molar-refractivity contribution in [2.24, 2.45) is 0 Å². The molecule has 5 heteroatoms. The molecule has 0 fully saturated rings. The average molecular weight is 750 g/mol. The minimum atomic E-state index is 0.640. The highest BCUT2D eigenvalue weighted by Gasteiger charge is 2.21. The van der Waals surface area contributed by atoms with E-state index in [4.69, 9.17) is 15.0 Å². The number of thiophene rings is 2. The van der Waals surface area contributed by atoms with Crippen LogP contribution < -0.4 is 0 Å². The molecule has 3 heterocycles. The van der Waals surface area contributed by atoms with Crippen molar-refractivity contribution in [3.05, 3.63) is 188 Å². The van der Waals surface area contributed by atoms with Crippen molar-refractivity contribution in [3.8, 4) is 67.5 Å². The van der Waals surface area contributed by atoms with E-state index in [1.54, 1.807) is 22.7 Å². The first kappa shape index (κ1) is 32.6. The van der Waals surface area contributed by atoms with Gasteiger partial charge in [0.25, 0.3) is 0 Å². The van der Waals surface area contributed by atoms with E-state index < -0.39 is 0 Å². The summed E-state index contributed by atoms with van der Waals surface area (Å²) >= 11 is 3.59. The Balaban J connectivity index is 1.18. The Labute approximate surface area is 331 Å². The number of benzene rings is 8. The van der Waals surface area contributed by atoms with Gasteiger partial charge in [0.05, 0.1) is 0 Å². The van der Waals surface area contributed by atoms with Crippen molar-refractivity contribution in [2.45, 2.75) is 0 Å². The first-order valence-electron chi connectivity index (χ1n) is 18.7. The summed E-state index contributed by atoms with van der Waals surface area (Å²) in [6.07, 6.45) is 0. The van der Waals surface area contributed by atoms with Gasteiger partial charge in [0.1, 0.15) is 0 Å². The quantitative estimate of drug-likeness (QED) is 0.170. The molecule has 8 aromatic carbocycles. The summed E-state index contributed by atoms with van der Waals surface area (Å²) in [5.41, 5.74) is 9.73. The third kappa shape index (κ3) is 5.60. The molecule has 0 spiro atoms. The van der Waals surface area contributed by atoms with Crippen molar-refractivity contribution in [1.82, 2.24) is 15.0 Å². The summed E-state index contributed by atoms with van der Waals surface area (Å²) in [4.78, 5) is 16.2. The number of rotatable bonds is 6. The average Bonchev–Trinajstić information content (AvgIpc) is 3.86. The summed E-state index contributed by atoms with van der Waals surface area (Å²) in [6.45, 7) is 0. The maximum atomic E-state index is 5.42. The number of hydrogen-bond donors (Lipinski definition) is 0. The van der Waals surface area contributed by atoms with E-state index in [2.05, 4.69) is 188 Å². The summed E-state index contributed by atoms with van der Waals surface area (Å²) in [7, 11) is 0. The highest BCUT2D eigenvalue weighted by atomic mass is 32.1. The minimum absolute atomic E-state index is 0.640. The molecule has 0 aliphatic heterocycles. The number of fused-ring (bicyclic) bond motifs is 6. The molecule has 0 aliphatic rings. The van der Waals surface area contributed by atoms with Crippen LogP contribution in [0.15, 0.2) is 188 Å². The zero-order valence-electron chi connectivity index (χ0n) is 30.1. The van der Waals surface area contributed by atoms with Crippen LogP contribution in [0, 0.1) is 0 Å². The van der Waals surface area contributed by atoms with E-state index in [9.17, 15) is 0 Å². The van der Waals surface area contributed by atoms with E-state index in [0.717, 1.165) is 38.9 Å². The first-order valence-corrected chi connectivity index (χ1v) is 20.3. The minimum Gasteiger partial charge on any atom is -0.208 e. The van der Waals surface area contributed by atoms with Gasteiger partial charge in [-0.15, -0.1) is 22.7 Å². The summed E-state index contributed by atoms with van der Waals surface area (Å²) in [5.74, 6) is 1.97. The van der Waals surface area contributed by atoms with Crippen molar-refractivity contribution in [3.63, 3.8) is 0 Å². The Morgan fingerprint density at radius 1 is 0.268 bits per heavy atom. The lowest BCUT2D eigenvalue weighted by molar-refractivity contribution is 1.08. The highest BCUT2D eigenvalue weighted by molar-refractivity contribution is 7.26. The molecule has 0 N–H and O–H groups in total. The normalized spacial score (nSPS) is 11.6. The molecule has 0 saturated heterocycles. The third-order valence-electron chi connectivity index (χ3n) is 10.6. The second-order valence-electron chi connectivity index (χ2n) is 13.9. The van der Waals surface area contributed by atoms with Crippen LogP contribution in [0.25, 0.3) is 108 Å². The van der Waals surface area contributed by atoms with E-state index in [-0.39, 0.29) is 0 Å². The second-order valence-corrected chi connectivity index (χ2v) is 16.0. The van der Waals surface area contributed by atoms with Crippen molar-refractivity contribution < 1.29 is 0 Å². The highest BCUT2D eigenvalue weighted by Crippen LogP contribution is 2.43. The van der Waals surface area contributed by atoms with E-state index in [1.165, 1.54) is 51.5 Å². The Bertz CT molecular complexity index is 3120. The van der Waals surface area contributed by atoms with Crippen LogP contribution in [0.4, 0.5) is 0 Å². The maximum Gasteiger partial charge on any atom is 0.165 e. The van der Waals surface area contributed by atoms with Gasteiger partial charge in [-0.2, -0.15) is 0 Å². The van der Waals surface area contributed by atoms with Gasteiger partial charge in [0.2, 0.25) is 0 Å². The van der Waals surface area contributed by atoms with Gasteiger partial charge >= 0.3 is 0 Å². The molecular weight excluding hydrogens is 719 g/mol. The van der Waals surface area contributed by atoms with Gasteiger partial charge in [-0.1, -0.05) is 152 Å². The van der Waals surface area contributed by atoms with Gasteiger partial charge in [0, 0.05) is 57.0 Å². The van der Waals surface area contributed by atoms with Crippen LogP contribution in [-0.4, -0.2) is 15.0 Å². The monoisotopic (exact) mass is 749 g/mol. The molecule has 0 bridgehead atoms. The van der Waals surface area contributed by atoms with Crippen molar-refractivity contribution in [1.29, 1.82) is 0 Å². The Morgan fingerprint density at radius 3 is 1.29 bits per heavy atom. The molecular formula is C51H31N3S2. The van der Waals surface area contributed by atoms with E-state index in [0.29, 0.717) is 17.5 Å². The van der Waals surface area contributed by atoms with Gasteiger partial charge < -0.3 is 0 Å². The first-order chi connectivity index (χ1) is 27.7. The molecule has 0 aliphatic carbocycles. The zero-order valence-corrected chi connectivity index (χ0v) is 31.7. The topological polar surface area (TPSA) is 38.7 Å². The SMILES string of the molecule is c1ccc(-c2cccc(-c3ccc(-c4ccccc4)c(-c4nc(-c5cccc6c5sc5ccccc56)nc(-c5cccc6c5sc5ccccc56)n4)c3)c2)cc1. The number of nitrogens with zero attached hydrogens (tertiary/aromatic N) is 3. The van der Waals surface area contributed by atoms with Crippen LogP contribution in [0.1, 0.15) is 0 Å².